The van der Waals surface area contributed by atoms with Gasteiger partial charge in [0, 0.05) is 19.2 Å². The van der Waals surface area contributed by atoms with Gasteiger partial charge in [-0.2, -0.15) is 15.3 Å². The van der Waals surface area contributed by atoms with E-state index in [0.717, 1.165) is 11.4 Å². The van der Waals surface area contributed by atoms with Gasteiger partial charge in [-0.05, 0) is 38.1 Å². The smallest absolute Gasteiger partial charge is 0.230 e. The average Bonchev–Trinajstić information content (AvgIpc) is 3.08. The van der Waals surface area contributed by atoms with Crippen molar-refractivity contribution in [1.29, 1.82) is 5.26 Å². The van der Waals surface area contributed by atoms with Crippen molar-refractivity contribution in [2.75, 3.05) is 18.4 Å². The fraction of sp³-hybridized carbons (Fsp3) is 0.350. The monoisotopic (exact) mass is 408 g/mol. The molecule has 3 heterocycles. The first-order valence-electron chi connectivity index (χ1n) is 9.56. The predicted octanol–water partition coefficient (Wildman–Crippen LogP) is 2.27. The highest BCUT2D eigenvalue weighted by Crippen LogP contribution is 2.27. The van der Waals surface area contributed by atoms with E-state index in [-0.39, 0.29) is 6.54 Å². The Hall–Kier alpha value is -3.58. The number of hydrogen-bond donors (Lipinski definition) is 2. The molecule has 2 atom stereocenters. The van der Waals surface area contributed by atoms with Gasteiger partial charge in [0.15, 0.2) is 5.82 Å². The lowest BCUT2D eigenvalue weighted by Crippen LogP contribution is -2.44. The standard InChI is InChI=1S/C20H21FN8O/c1-12-16(10-26-29(12)2)27-20-25-11-24-19(28-20)13-3-4-17(14(7-13)8-22)30-18-5-6-23-9-15(18)21/h3-4,7,10-11,15,18,23H,5-6,9H2,1-2H3,(H,24,25,27,28)/t15-,18-/m0/s1. The third kappa shape index (κ3) is 4.06. The molecule has 154 valence electrons. The topological polar surface area (TPSA) is 114 Å². The Labute approximate surface area is 172 Å². The molecule has 9 nitrogen and oxygen atoms in total. The molecule has 4 rings (SSSR count). The minimum absolute atomic E-state index is 0.252. The summed E-state index contributed by atoms with van der Waals surface area (Å²) < 4.78 is 21.6. The van der Waals surface area contributed by atoms with E-state index in [1.807, 2.05) is 14.0 Å². The highest BCUT2D eigenvalue weighted by molar-refractivity contribution is 5.63. The Kier molecular flexibility index (Phi) is 5.54. The van der Waals surface area contributed by atoms with Crippen LogP contribution in [0.1, 0.15) is 17.7 Å². The van der Waals surface area contributed by atoms with Gasteiger partial charge in [-0.1, -0.05) is 0 Å². The number of nitrogens with zero attached hydrogens (tertiary/aromatic N) is 6. The van der Waals surface area contributed by atoms with E-state index in [2.05, 4.69) is 36.8 Å². The van der Waals surface area contributed by atoms with Crippen LogP contribution in [0.4, 0.5) is 16.0 Å². The number of benzene rings is 1. The fourth-order valence-corrected chi connectivity index (χ4v) is 3.19. The Balaban J connectivity index is 1.57. The van der Waals surface area contributed by atoms with Crippen LogP contribution in [-0.4, -0.2) is 50.1 Å². The maximum atomic E-state index is 14.1. The number of rotatable bonds is 5. The molecule has 0 amide bonds. The van der Waals surface area contributed by atoms with Gasteiger partial charge in [0.25, 0.3) is 0 Å². The summed E-state index contributed by atoms with van der Waals surface area (Å²) in [6, 6.07) is 7.16. The van der Waals surface area contributed by atoms with Crippen LogP contribution >= 0.6 is 0 Å². The lowest BCUT2D eigenvalue weighted by molar-refractivity contribution is 0.0729. The van der Waals surface area contributed by atoms with Gasteiger partial charge < -0.3 is 15.4 Å². The molecule has 1 saturated heterocycles. The number of anilines is 2. The molecule has 1 aromatic carbocycles. The van der Waals surface area contributed by atoms with E-state index in [0.29, 0.717) is 41.6 Å². The third-order valence-electron chi connectivity index (χ3n) is 5.04. The summed E-state index contributed by atoms with van der Waals surface area (Å²) in [7, 11) is 1.85. The molecule has 0 aliphatic carbocycles. The predicted molar refractivity (Wildman–Crippen MR) is 108 cm³/mol. The van der Waals surface area contributed by atoms with E-state index in [9.17, 15) is 9.65 Å². The molecule has 0 radical (unpaired) electrons. The van der Waals surface area contributed by atoms with Crippen molar-refractivity contribution in [2.24, 2.45) is 7.05 Å². The number of nitriles is 1. The zero-order valence-corrected chi connectivity index (χ0v) is 16.6. The SMILES string of the molecule is Cc1c(Nc2ncnc(-c3ccc(O[C@H]4CCNC[C@@H]4F)c(C#N)c3)n2)cnn1C. The van der Waals surface area contributed by atoms with Gasteiger partial charge in [0.2, 0.25) is 5.95 Å². The normalized spacial score (nSPS) is 18.6. The van der Waals surface area contributed by atoms with Gasteiger partial charge in [-0.25, -0.2) is 14.4 Å². The van der Waals surface area contributed by atoms with E-state index in [1.165, 1.54) is 6.33 Å². The highest BCUT2D eigenvalue weighted by atomic mass is 19.1. The molecule has 0 spiro atoms. The molecule has 0 unspecified atom stereocenters. The second-order valence-corrected chi connectivity index (χ2v) is 7.01. The molecule has 0 bridgehead atoms. The molecule has 10 heteroatoms. The van der Waals surface area contributed by atoms with Crippen molar-refractivity contribution >= 4 is 11.6 Å². The fourth-order valence-electron chi connectivity index (χ4n) is 3.19. The number of halogens is 1. The van der Waals surface area contributed by atoms with Crippen LogP contribution in [0.15, 0.2) is 30.7 Å². The van der Waals surface area contributed by atoms with Crippen molar-refractivity contribution < 1.29 is 9.13 Å². The quantitative estimate of drug-likeness (QED) is 0.661. The molecule has 1 aliphatic heterocycles. The van der Waals surface area contributed by atoms with Crippen molar-refractivity contribution in [1.82, 2.24) is 30.0 Å². The van der Waals surface area contributed by atoms with Gasteiger partial charge >= 0.3 is 0 Å². The first kappa shape index (κ1) is 19.7. The third-order valence-corrected chi connectivity index (χ3v) is 5.04. The zero-order chi connectivity index (χ0) is 21.1. The number of aromatic nitrogens is 5. The van der Waals surface area contributed by atoms with Crippen molar-refractivity contribution in [3.05, 3.63) is 42.0 Å². The Morgan fingerprint density at radius 1 is 1.37 bits per heavy atom. The number of aryl methyl sites for hydroxylation is 1. The Morgan fingerprint density at radius 3 is 2.97 bits per heavy atom. The molecule has 3 aromatic rings. The summed E-state index contributed by atoms with van der Waals surface area (Å²) in [6.45, 7) is 2.86. The second-order valence-electron chi connectivity index (χ2n) is 7.01. The van der Waals surface area contributed by atoms with Crippen LogP contribution in [0.3, 0.4) is 0 Å². The van der Waals surface area contributed by atoms with Crippen LogP contribution < -0.4 is 15.4 Å². The van der Waals surface area contributed by atoms with Crippen LogP contribution in [0.2, 0.25) is 0 Å². The average molecular weight is 408 g/mol. The van der Waals surface area contributed by atoms with E-state index in [4.69, 9.17) is 4.74 Å². The van der Waals surface area contributed by atoms with E-state index >= 15 is 0 Å². The summed E-state index contributed by atoms with van der Waals surface area (Å²) in [4.78, 5) is 12.8. The first-order valence-corrected chi connectivity index (χ1v) is 9.56. The first-order chi connectivity index (χ1) is 14.5. The van der Waals surface area contributed by atoms with Crippen LogP contribution in [0.25, 0.3) is 11.4 Å². The Morgan fingerprint density at radius 2 is 2.23 bits per heavy atom. The van der Waals surface area contributed by atoms with E-state index in [1.54, 1.807) is 29.1 Å². The molecule has 0 saturated carbocycles. The van der Waals surface area contributed by atoms with Crippen molar-refractivity contribution in [3.63, 3.8) is 0 Å². The van der Waals surface area contributed by atoms with Gasteiger partial charge in [-0.15, -0.1) is 0 Å². The summed E-state index contributed by atoms with van der Waals surface area (Å²) in [5.74, 6) is 1.13. The molecule has 2 N–H and O–H groups in total. The second kappa shape index (κ2) is 8.42. The maximum Gasteiger partial charge on any atom is 0.230 e. The van der Waals surface area contributed by atoms with E-state index < -0.39 is 12.3 Å². The van der Waals surface area contributed by atoms with Gasteiger partial charge in [-0.3, -0.25) is 4.68 Å². The van der Waals surface area contributed by atoms with Crippen LogP contribution in [0, 0.1) is 18.3 Å². The zero-order valence-electron chi connectivity index (χ0n) is 16.6. The summed E-state index contributed by atoms with van der Waals surface area (Å²) in [5, 5.41) is 19.8. The number of nitrogens with one attached hydrogen (secondary N) is 2. The van der Waals surface area contributed by atoms with Crippen molar-refractivity contribution in [3.8, 4) is 23.2 Å². The summed E-state index contributed by atoms with van der Waals surface area (Å²) in [6.07, 6.45) is 1.95. The molecular formula is C20H21FN8O. The minimum atomic E-state index is -1.11. The molecule has 1 aliphatic rings. The van der Waals surface area contributed by atoms with Gasteiger partial charge in [0.05, 0.1) is 23.1 Å². The number of ether oxygens (including phenoxy) is 1. The maximum absolute atomic E-state index is 14.1. The lowest BCUT2D eigenvalue weighted by Gasteiger charge is -2.27. The van der Waals surface area contributed by atoms with Crippen molar-refractivity contribution in [2.45, 2.75) is 25.6 Å². The van der Waals surface area contributed by atoms with Crippen LogP contribution in [-0.2, 0) is 7.05 Å². The largest absolute Gasteiger partial charge is 0.486 e. The van der Waals surface area contributed by atoms with Gasteiger partial charge in [0.1, 0.15) is 30.4 Å². The molecule has 30 heavy (non-hydrogen) atoms. The molecule has 1 fully saturated rings. The highest BCUT2D eigenvalue weighted by Gasteiger charge is 2.27. The summed E-state index contributed by atoms with van der Waals surface area (Å²) in [5.41, 5.74) is 2.67. The number of piperidine rings is 1. The minimum Gasteiger partial charge on any atom is -0.486 e. The number of alkyl halides is 1. The molecule has 2 aromatic heterocycles. The molecular weight excluding hydrogens is 387 g/mol. The lowest BCUT2D eigenvalue weighted by atomic mass is 10.1. The number of hydrogen-bond acceptors (Lipinski definition) is 8. The van der Waals surface area contributed by atoms with Crippen LogP contribution in [0.5, 0.6) is 5.75 Å². The summed E-state index contributed by atoms with van der Waals surface area (Å²) >= 11 is 0. The Bertz CT molecular complexity index is 1090.